The third-order valence-corrected chi connectivity index (χ3v) is 3.46. The highest BCUT2D eigenvalue weighted by atomic mass is 32.2. The van der Waals surface area contributed by atoms with Crippen molar-refractivity contribution in [2.75, 3.05) is 18.1 Å². The van der Waals surface area contributed by atoms with Crippen LogP contribution in [-0.4, -0.2) is 43.3 Å². The summed E-state index contributed by atoms with van der Waals surface area (Å²) in [5, 5.41) is 9.19. The summed E-state index contributed by atoms with van der Waals surface area (Å²) < 4.78 is 11.1. The van der Waals surface area contributed by atoms with Gasteiger partial charge in [-0.05, 0) is 6.42 Å². The Bertz CT molecular complexity index is 391. The quantitative estimate of drug-likeness (QED) is 0.734. The molecule has 1 atom stereocenters. The van der Waals surface area contributed by atoms with E-state index in [2.05, 4.69) is 20.5 Å². The zero-order valence-electron chi connectivity index (χ0n) is 10.2. The van der Waals surface area contributed by atoms with Crippen LogP contribution in [0.1, 0.15) is 36.7 Å². The highest BCUT2D eigenvalue weighted by Crippen LogP contribution is 1.96. The molecule has 1 amide bonds. The van der Waals surface area contributed by atoms with Gasteiger partial charge >= 0.3 is 0 Å². The lowest BCUT2D eigenvalue weighted by Gasteiger charge is -2.00. The van der Waals surface area contributed by atoms with Gasteiger partial charge in [0.05, 0.1) is 0 Å². The fraction of sp³-hybridized carbons (Fsp3) is 0.700. The van der Waals surface area contributed by atoms with Gasteiger partial charge in [0.25, 0.3) is 5.91 Å². The van der Waals surface area contributed by atoms with Gasteiger partial charge in [-0.3, -0.25) is 14.1 Å². The Morgan fingerprint density at radius 1 is 1.47 bits per heavy atom. The maximum absolute atomic E-state index is 11.6. The number of carbonyl (C=O) groups is 1. The van der Waals surface area contributed by atoms with Crippen LogP contribution in [0.2, 0.25) is 0 Å². The first-order chi connectivity index (χ1) is 8.17. The van der Waals surface area contributed by atoms with Crippen LogP contribution >= 0.6 is 0 Å². The predicted octanol–water partition coefficient (Wildman–Crippen LogP) is 0.256. The van der Waals surface area contributed by atoms with Crippen molar-refractivity contribution in [1.29, 1.82) is 0 Å². The van der Waals surface area contributed by atoms with Crippen molar-refractivity contribution in [2.45, 2.75) is 26.7 Å². The smallest absolute Gasteiger partial charge is 0.290 e. The van der Waals surface area contributed by atoms with Crippen LogP contribution in [0.3, 0.4) is 0 Å². The summed E-state index contributed by atoms with van der Waals surface area (Å²) in [6.07, 6.45) is 1.73. The number of amides is 1. The van der Waals surface area contributed by atoms with Crippen molar-refractivity contribution >= 4 is 16.7 Å². The molecule has 0 fully saturated rings. The fourth-order valence-corrected chi connectivity index (χ4v) is 1.87. The van der Waals surface area contributed by atoms with Crippen LogP contribution in [0.25, 0.3) is 0 Å². The van der Waals surface area contributed by atoms with Gasteiger partial charge in [-0.2, -0.15) is 0 Å². The normalized spacial score (nSPS) is 12.4. The summed E-state index contributed by atoms with van der Waals surface area (Å²) in [6.45, 7) is 4.27. The second-order valence-electron chi connectivity index (χ2n) is 3.54. The largest absolute Gasteiger partial charge is 0.348 e. The van der Waals surface area contributed by atoms with Gasteiger partial charge in [0, 0.05) is 35.3 Å². The number of aromatic nitrogens is 3. The van der Waals surface area contributed by atoms with E-state index in [9.17, 15) is 9.00 Å². The van der Waals surface area contributed by atoms with E-state index in [1.165, 1.54) is 0 Å². The number of aryl methyl sites for hydroxylation is 1. The van der Waals surface area contributed by atoms with Crippen molar-refractivity contribution in [1.82, 2.24) is 20.5 Å². The Labute approximate surface area is 103 Å². The number of H-pyrrole nitrogens is 1. The molecule has 6 nitrogen and oxygen atoms in total. The van der Waals surface area contributed by atoms with Gasteiger partial charge < -0.3 is 5.32 Å². The molecule has 0 saturated heterocycles. The minimum atomic E-state index is -0.861. The molecule has 1 heterocycles. The first-order valence-electron chi connectivity index (χ1n) is 5.71. The molecule has 7 heteroatoms. The Morgan fingerprint density at radius 3 is 2.88 bits per heavy atom. The molecule has 0 aliphatic carbocycles. The van der Waals surface area contributed by atoms with E-state index < -0.39 is 10.8 Å². The second kappa shape index (κ2) is 7.16. The van der Waals surface area contributed by atoms with E-state index in [0.29, 0.717) is 18.1 Å². The molecule has 0 aromatic carbocycles. The maximum atomic E-state index is 11.6. The topological polar surface area (TPSA) is 87.7 Å². The van der Waals surface area contributed by atoms with Crippen LogP contribution in [0.4, 0.5) is 0 Å². The Morgan fingerprint density at radius 2 is 2.24 bits per heavy atom. The van der Waals surface area contributed by atoms with Crippen molar-refractivity contribution in [3.05, 3.63) is 11.6 Å². The molecule has 96 valence electrons. The minimum absolute atomic E-state index is 0.149. The molecule has 1 unspecified atom stereocenters. The van der Waals surface area contributed by atoms with Crippen LogP contribution in [0.15, 0.2) is 0 Å². The number of aromatic amines is 1. The third-order valence-electron chi connectivity index (χ3n) is 2.16. The third kappa shape index (κ3) is 4.64. The number of hydrogen-bond acceptors (Lipinski definition) is 4. The van der Waals surface area contributed by atoms with Crippen LogP contribution < -0.4 is 5.32 Å². The number of rotatable bonds is 7. The van der Waals surface area contributed by atoms with Crippen molar-refractivity contribution in [2.24, 2.45) is 0 Å². The average molecular weight is 258 g/mol. The van der Waals surface area contributed by atoms with Crippen molar-refractivity contribution < 1.29 is 9.00 Å². The summed E-state index contributed by atoms with van der Waals surface area (Å²) in [5.41, 5.74) is 0. The first kappa shape index (κ1) is 13.8. The molecule has 0 aliphatic rings. The summed E-state index contributed by atoms with van der Waals surface area (Å²) in [7, 11) is -0.861. The molecular weight excluding hydrogens is 240 g/mol. The minimum Gasteiger partial charge on any atom is -0.348 e. The lowest BCUT2D eigenvalue weighted by Crippen LogP contribution is -2.28. The Balaban J connectivity index is 2.38. The molecule has 1 rings (SSSR count). The van der Waals surface area contributed by atoms with E-state index >= 15 is 0 Å². The first-order valence-corrected chi connectivity index (χ1v) is 7.20. The zero-order chi connectivity index (χ0) is 12.7. The van der Waals surface area contributed by atoms with Gasteiger partial charge in [-0.25, -0.2) is 4.98 Å². The van der Waals surface area contributed by atoms with E-state index in [-0.39, 0.29) is 11.7 Å². The van der Waals surface area contributed by atoms with Crippen LogP contribution in [-0.2, 0) is 17.2 Å². The lowest BCUT2D eigenvalue weighted by atomic mass is 10.3. The van der Waals surface area contributed by atoms with E-state index in [0.717, 1.165) is 18.7 Å². The highest BCUT2D eigenvalue weighted by molar-refractivity contribution is 7.84. The van der Waals surface area contributed by atoms with Crippen molar-refractivity contribution in [3.63, 3.8) is 0 Å². The molecule has 0 bridgehead atoms. The standard InChI is InChI=1S/C10H18N4O2S/c1-3-5-8-12-9(14-13-8)10(15)11-6-7-17(16)4-2/h3-7H2,1-2H3,(H,11,15)(H,12,13,14). The number of carbonyl (C=O) groups excluding carboxylic acids is 1. The van der Waals surface area contributed by atoms with Gasteiger partial charge in [0.2, 0.25) is 5.82 Å². The van der Waals surface area contributed by atoms with Gasteiger partial charge in [0.1, 0.15) is 5.82 Å². The summed E-state index contributed by atoms with van der Waals surface area (Å²) in [5.74, 6) is 1.62. The molecule has 17 heavy (non-hydrogen) atoms. The predicted molar refractivity (Wildman–Crippen MR) is 66.3 cm³/mol. The molecule has 2 N–H and O–H groups in total. The molecule has 1 aromatic rings. The van der Waals surface area contributed by atoms with E-state index in [4.69, 9.17) is 0 Å². The SMILES string of the molecule is CCCc1nc(C(=O)NCCS(=O)CC)n[nH]1. The van der Waals surface area contributed by atoms with Gasteiger partial charge in [-0.15, -0.1) is 5.10 Å². The molecule has 0 aliphatic heterocycles. The monoisotopic (exact) mass is 258 g/mol. The van der Waals surface area contributed by atoms with Gasteiger partial charge in [0.15, 0.2) is 0 Å². The Kier molecular flexibility index (Phi) is 5.82. The number of nitrogens with one attached hydrogen (secondary N) is 2. The summed E-state index contributed by atoms with van der Waals surface area (Å²) in [4.78, 5) is 15.6. The molecule has 0 spiro atoms. The maximum Gasteiger partial charge on any atom is 0.290 e. The van der Waals surface area contributed by atoms with Crippen LogP contribution in [0.5, 0.6) is 0 Å². The van der Waals surface area contributed by atoms with E-state index in [1.54, 1.807) is 0 Å². The fourth-order valence-electron chi connectivity index (χ4n) is 1.25. The number of hydrogen-bond donors (Lipinski definition) is 2. The van der Waals surface area contributed by atoms with Gasteiger partial charge in [-0.1, -0.05) is 13.8 Å². The Hall–Kier alpha value is -1.24. The zero-order valence-corrected chi connectivity index (χ0v) is 11.0. The highest BCUT2D eigenvalue weighted by Gasteiger charge is 2.11. The second-order valence-corrected chi connectivity index (χ2v) is 5.41. The van der Waals surface area contributed by atoms with Crippen molar-refractivity contribution in [3.8, 4) is 0 Å². The summed E-state index contributed by atoms with van der Waals surface area (Å²) >= 11 is 0. The molecular formula is C10H18N4O2S. The van der Waals surface area contributed by atoms with E-state index in [1.807, 2.05) is 13.8 Å². The lowest BCUT2D eigenvalue weighted by molar-refractivity contribution is 0.0946. The summed E-state index contributed by atoms with van der Waals surface area (Å²) in [6, 6.07) is 0. The van der Waals surface area contributed by atoms with Crippen LogP contribution in [0, 0.1) is 0 Å². The molecule has 0 saturated carbocycles. The molecule has 1 aromatic heterocycles. The average Bonchev–Trinajstić information content (AvgIpc) is 2.78. The molecule has 0 radical (unpaired) electrons. The number of nitrogens with zero attached hydrogens (tertiary/aromatic N) is 2.